The third kappa shape index (κ3) is 4.29. The molecule has 2 N–H and O–H groups in total. The summed E-state index contributed by atoms with van der Waals surface area (Å²) < 4.78 is 0. The summed E-state index contributed by atoms with van der Waals surface area (Å²) in [5.41, 5.74) is 3.18. The van der Waals surface area contributed by atoms with Crippen LogP contribution in [0.4, 0.5) is 4.79 Å². The number of carbonyl (C=O) groups is 1. The van der Waals surface area contributed by atoms with E-state index in [1.807, 2.05) is 36.6 Å². The van der Waals surface area contributed by atoms with Gasteiger partial charge >= 0.3 is 6.03 Å². The number of aromatic nitrogens is 2. The van der Waals surface area contributed by atoms with Crippen LogP contribution in [-0.2, 0) is 12.8 Å². The van der Waals surface area contributed by atoms with Crippen molar-refractivity contribution in [2.75, 3.05) is 13.1 Å². The number of thiazole rings is 1. The minimum Gasteiger partial charge on any atom is -0.338 e. The van der Waals surface area contributed by atoms with Gasteiger partial charge in [-0.1, -0.05) is 24.3 Å². The summed E-state index contributed by atoms with van der Waals surface area (Å²) in [5.74, 6) is 0. The number of para-hydroxylation sites is 1. The van der Waals surface area contributed by atoms with Gasteiger partial charge in [0.25, 0.3) is 0 Å². The van der Waals surface area contributed by atoms with Crippen LogP contribution in [0.15, 0.2) is 41.9 Å². The molecule has 2 aromatic heterocycles. The van der Waals surface area contributed by atoms with Gasteiger partial charge < -0.3 is 10.6 Å². The van der Waals surface area contributed by atoms with Crippen molar-refractivity contribution < 1.29 is 4.79 Å². The molecule has 0 atom stereocenters. The lowest BCUT2D eigenvalue weighted by atomic mass is 10.1. The fourth-order valence-corrected chi connectivity index (χ4v) is 3.32. The van der Waals surface area contributed by atoms with Crippen LogP contribution in [-0.4, -0.2) is 29.1 Å². The minimum absolute atomic E-state index is 0.142. The molecule has 0 spiro atoms. The maximum absolute atomic E-state index is 11.8. The monoisotopic (exact) mass is 340 g/mol. The van der Waals surface area contributed by atoms with Crippen molar-refractivity contribution in [1.29, 1.82) is 0 Å². The Labute approximate surface area is 145 Å². The first-order valence-corrected chi connectivity index (χ1v) is 8.85. The zero-order chi connectivity index (χ0) is 16.8. The van der Waals surface area contributed by atoms with Crippen LogP contribution in [0.2, 0.25) is 0 Å². The molecule has 0 aliphatic heterocycles. The number of fused-ring (bicyclic) bond motifs is 1. The maximum Gasteiger partial charge on any atom is 0.314 e. The summed E-state index contributed by atoms with van der Waals surface area (Å²) in [6.07, 6.45) is 3.32. The van der Waals surface area contributed by atoms with Gasteiger partial charge in [-0.25, -0.2) is 9.78 Å². The summed E-state index contributed by atoms with van der Waals surface area (Å²) in [7, 11) is 0. The van der Waals surface area contributed by atoms with Crippen molar-refractivity contribution in [1.82, 2.24) is 20.6 Å². The number of urea groups is 1. The lowest BCUT2D eigenvalue weighted by Crippen LogP contribution is -2.37. The van der Waals surface area contributed by atoms with Gasteiger partial charge in [-0.3, -0.25) is 4.98 Å². The van der Waals surface area contributed by atoms with E-state index in [4.69, 9.17) is 0 Å². The van der Waals surface area contributed by atoms with Crippen LogP contribution in [0, 0.1) is 6.92 Å². The largest absolute Gasteiger partial charge is 0.338 e. The molecule has 2 amide bonds. The molecular formula is C18H20N4OS. The number of rotatable bonds is 6. The van der Waals surface area contributed by atoms with Crippen LogP contribution in [0.25, 0.3) is 10.9 Å². The van der Waals surface area contributed by atoms with E-state index in [0.29, 0.717) is 13.1 Å². The Kier molecular flexibility index (Phi) is 5.38. The van der Waals surface area contributed by atoms with Crippen LogP contribution in [0.3, 0.4) is 0 Å². The van der Waals surface area contributed by atoms with Gasteiger partial charge in [0.05, 0.1) is 10.5 Å². The molecule has 24 heavy (non-hydrogen) atoms. The quantitative estimate of drug-likeness (QED) is 0.725. The Morgan fingerprint density at radius 1 is 1.12 bits per heavy atom. The van der Waals surface area contributed by atoms with E-state index >= 15 is 0 Å². The second-order valence-electron chi connectivity index (χ2n) is 5.56. The zero-order valence-corrected chi connectivity index (χ0v) is 14.4. The summed E-state index contributed by atoms with van der Waals surface area (Å²) in [6.45, 7) is 3.15. The number of nitrogens with one attached hydrogen (secondary N) is 2. The van der Waals surface area contributed by atoms with E-state index in [2.05, 4.69) is 26.7 Å². The molecule has 0 aliphatic carbocycles. The molecule has 0 radical (unpaired) electrons. The first-order valence-electron chi connectivity index (χ1n) is 7.98. The molecule has 1 aromatic carbocycles. The van der Waals surface area contributed by atoms with Crippen LogP contribution in [0.5, 0.6) is 0 Å². The molecule has 5 nitrogen and oxygen atoms in total. The Bertz CT molecular complexity index is 825. The molecule has 3 rings (SSSR count). The highest BCUT2D eigenvalue weighted by molar-refractivity contribution is 7.09. The van der Waals surface area contributed by atoms with Crippen LogP contribution in [0.1, 0.15) is 16.3 Å². The highest BCUT2D eigenvalue weighted by atomic mass is 32.1. The molecule has 0 saturated heterocycles. The molecule has 0 aliphatic rings. The van der Waals surface area contributed by atoms with E-state index in [-0.39, 0.29) is 6.03 Å². The van der Waals surface area contributed by atoms with Crippen molar-refractivity contribution in [2.45, 2.75) is 19.8 Å². The number of carbonyl (C=O) groups excluding carboxylic acids is 1. The highest BCUT2D eigenvalue weighted by Crippen LogP contribution is 2.15. The van der Waals surface area contributed by atoms with Crippen molar-refractivity contribution in [2.24, 2.45) is 0 Å². The average molecular weight is 340 g/mol. The van der Waals surface area contributed by atoms with Gasteiger partial charge in [-0.2, -0.15) is 0 Å². The first-order chi connectivity index (χ1) is 11.7. The molecule has 0 bridgehead atoms. The number of hydrogen-bond acceptors (Lipinski definition) is 4. The maximum atomic E-state index is 11.8. The third-order valence-corrected chi connectivity index (χ3v) is 4.71. The van der Waals surface area contributed by atoms with Gasteiger partial charge in [0, 0.05) is 42.2 Å². The summed E-state index contributed by atoms with van der Waals surface area (Å²) >= 11 is 1.63. The SMILES string of the molecule is Cc1csc(CCNC(=O)NCCc2cccc3cccnc23)n1. The predicted octanol–water partition coefficient (Wildman–Crippen LogP) is 3.08. The molecule has 3 aromatic rings. The van der Waals surface area contributed by atoms with Crippen molar-refractivity contribution in [3.63, 3.8) is 0 Å². The first kappa shape index (κ1) is 16.4. The van der Waals surface area contributed by atoms with Gasteiger partial charge in [0.15, 0.2) is 0 Å². The summed E-state index contributed by atoms with van der Waals surface area (Å²) in [5, 5.41) is 9.95. The fourth-order valence-electron chi connectivity index (χ4n) is 2.54. The van der Waals surface area contributed by atoms with Crippen LogP contribution >= 0.6 is 11.3 Å². The minimum atomic E-state index is -0.142. The zero-order valence-electron chi connectivity index (χ0n) is 13.6. The lowest BCUT2D eigenvalue weighted by molar-refractivity contribution is 0.241. The lowest BCUT2D eigenvalue weighted by Gasteiger charge is -2.08. The molecule has 0 saturated carbocycles. The number of nitrogens with zero attached hydrogens (tertiary/aromatic N) is 2. The summed E-state index contributed by atoms with van der Waals surface area (Å²) in [6, 6.07) is 9.96. The Morgan fingerprint density at radius 3 is 2.71 bits per heavy atom. The molecule has 0 fully saturated rings. The number of aryl methyl sites for hydroxylation is 1. The van der Waals surface area contributed by atoms with E-state index < -0.39 is 0 Å². The van der Waals surface area contributed by atoms with Gasteiger partial charge in [0.2, 0.25) is 0 Å². The Balaban J connectivity index is 1.43. The standard InChI is InChI=1S/C18H20N4OS/c1-13-12-24-16(22-13)8-11-21-18(23)20-10-7-15-5-2-4-14-6-3-9-19-17(14)15/h2-6,9,12H,7-8,10-11H2,1H3,(H2,20,21,23). The third-order valence-electron chi connectivity index (χ3n) is 3.69. The Morgan fingerprint density at radius 2 is 1.92 bits per heavy atom. The average Bonchev–Trinajstić information content (AvgIpc) is 3.00. The number of benzene rings is 1. The van der Waals surface area contributed by atoms with Gasteiger partial charge in [-0.15, -0.1) is 11.3 Å². The van der Waals surface area contributed by atoms with Crippen molar-refractivity contribution in [3.8, 4) is 0 Å². The molecule has 2 heterocycles. The van der Waals surface area contributed by atoms with E-state index in [9.17, 15) is 4.79 Å². The number of hydrogen-bond donors (Lipinski definition) is 2. The second kappa shape index (κ2) is 7.88. The number of pyridine rings is 1. The molecule has 0 unspecified atom stereocenters. The van der Waals surface area contributed by atoms with Crippen LogP contribution < -0.4 is 10.6 Å². The summed E-state index contributed by atoms with van der Waals surface area (Å²) in [4.78, 5) is 20.6. The topological polar surface area (TPSA) is 66.9 Å². The van der Waals surface area contributed by atoms with E-state index in [1.54, 1.807) is 17.5 Å². The van der Waals surface area contributed by atoms with E-state index in [1.165, 1.54) is 0 Å². The molecular weight excluding hydrogens is 320 g/mol. The normalized spacial score (nSPS) is 10.7. The second-order valence-corrected chi connectivity index (χ2v) is 6.50. The van der Waals surface area contributed by atoms with E-state index in [0.717, 1.165) is 40.0 Å². The van der Waals surface area contributed by atoms with Crippen molar-refractivity contribution in [3.05, 3.63) is 58.2 Å². The van der Waals surface area contributed by atoms with Gasteiger partial charge in [-0.05, 0) is 25.0 Å². The number of amides is 2. The fraction of sp³-hybridized carbons (Fsp3) is 0.278. The van der Waals surface area contributed by atoms with Gasteiger partial charge in [0.1, 0.15) is 0 Å². The molecule has 6 heteroatoms. The Hall–Kier alpha value is -2.47. The van der Waals surface area contributed by atoms with Crippen molar-refractivity contribution >= 4 is 28.3 Å². The smallest absolute Gasteiger partial charge is 0.314 e. The highest BCUT2D eigenvalue weighted by Gasteiger charge is 2.04. The predicted molar refractivity (Wildman–Crippen MR) is 97.4 cm³/mol. The molecule has 124 valence electrons.